The van der Waals surface area contributed by atoms with Crippen LogP contribution in [0.15, 0.2) is 24.3 Å². The summed E-state index contributed by atoms with van der Waals surface area (Å²) in [6.45, 7) is 7.42. The van der Waals surface area contributed by atoms with Crippen LogP contribution >= 0.6 is 0 Å². The summed E-state index contributed by atoms with van der Waals surface area (Å²) in [5, 5.41) is 10.3. The minimum atomic E-state index is -0.492. The minimum Gasteiger partial charge on any atom is -0.387 e. The lowest BCUT2D eigenvalue weighted by atomic mass is 9.82. The van der Waals surface area contributed by atoms with Crippen molar-refractivity contribution in [2.24, 2.45) is 5.92 Å². The van der Waals surface area contributed by atoms with Crippen LogP contribution in [0.3, 0.4) is 0 Å². The van der Waals surface area contributed by atoms with Gasteiger partial charge >= 0.3 is 0 Å². The third-order valence-corrected chi connectivity index (χ3v) is 4.59. The summed E-state index contributed by atoms with van der Waals surface area (Å²) < 4.78 is 5.92. The Kier molecular flexibility index (Phi) is 3.37. The molecule has 3 nitrogen and oxygen atoms in total. The summed E-state index contributed by atoms with van der Waals surface area (Å²) >= 11 is 0. The van der Waals surface area contributed by atoms with Gasteiger partial charge in [0.05, 0.1) is 18.3 Å². The van der Waals surface area contributed by atoms with Gasteiger partial charge in [-0.15, -0.1) is 0 Å². The molecule has 1 saturated heterocycles. The van der Waals surface area contributed by atoms with Crippen LogP contribution in [0.2, 0.25) is 0 Å². The van der Waals surface area contributed by atoms with Gasteiger partial charge in [-0.1, -0.05) is 38.1 Å². The first kappa shape index (κ1) is 13.1. The number of β-amino-alcohol motifs (C(OH)–C–C–N with tert-alkyl or cyclic N) is 1. The first-order valence-corrected chi connectivity index (χ1v) is 7.22. The van der Waals surface area contributed by atoms with E-state index in [0.717, 1.165) is 32.7 Å². The molecule has 2 heterocycles. The maximum atomic E-state index is 10.3. The van der Waals surface area contributed by atoms with Gasteiger partial charge in [-0.3, -0.25) is 4.90 Å². The number of fused-ring (bicyclic) bond motifs is 1. The smallest absolute Gasteiger partial charge is 0.0954 e. The quantitative estimate of drug-likeness (QED) is 0.903. The van der Waals surface area contributed by atoms with Crippen LogP contribution in [-0.4, -0.2) is 41.8 Å². The number of aliphatic hydroxyl groups is 1. The van der Waals surface area contributed by atoms with Crippen molar-refractivity contribution < 1.29 is 9.84 Å². The second-order valence-electron chi connectivity index (χ2n) is 6.24. The molecule has 1 aromatic carbocycles. The Morgan fingerprint density at radius 1 is 1.37 bits per heavy atom. The monoisotopic (exact) mass is 261 g/mol. The van der Waals surface area contributed by atoms with Gasteiger partial charge in [0, 0.05) is 19.6 Å². The molecule has 0 aromatic heterocycles. The molecule has 1 unspecified atom stereocenters. The maximum Gasteiger partial charge on any atom is 0.0954 e. The summed E-state index contributed by atoms with van der Waals surface area (Å²) in [6, 6.07) is 8.56. The van der Waals surface area contributed by atoms with E-state index in [9.17, 15) is 5.11 Å². The highest BCUT2D eigenvalue weighted by atomic mass is 16.5. The predicted molar refractivity (Wildman–Crippen MR) is 75.1 cm³/mol. The lowest BCUT2D eigenvalue weighted by Gasteiger charge is -2.50. The third-order valence-electron chi connectivity index (χ3n) is 4.59. The molecular formula is C16H23NO2. The number of ether oxygens (including phenoxy) is 1. The van der Waals surface area contributed by atoms with E-state index in [1.807, 2.05) is 0 Å². The third kappa shape index (κ3) is 2.42. The first-order chi connectivity index (χ1) is 9.08. The van der Waals surface area contributed by atoms with Gasteiger partial charge in [0.25, 0.3) is 0 Å². The van der Waals surface area contributed by atoms with Crippen LogP contribution in [0, 0.1) is 5.92 Å². The predicted octanol–water partition coefficient (Wildman–Crippen LogP) is 2.00. The van der Waals surface area contributed by atoms with Crippen molar-refractivity contribution in [3.05, 3.63) is 35.4 Å². The molecule has 0 saturated carbocycles. The molecule has 3 rings (SSSR count). The average molecular weight is 261 g/mol. The Bertz CT molecular complexity index is 452. The van der Waals surface area contributed by atoms with Gasteiger partial charge in [-0.25, -0.2) is 0 Å². The molecule has 0 bridgehead atoms. The van der Waals surface area contributed by atoms with E-state index in [2.05, 4.69) is 43.0 Å². The topological polar surface area (TPSA) is 32.7 Å². The highest BCUT2D eigenvalue weighted by molar-refractivity contribution is 5.31. The van der Waals surface area contributed by atoms with Gasteiger partial charge in [-0.05, 0) is 23.5 Å². The molecule has 3 heteroatoms. The summed E-state index contributed by atoms with van der Waals surface area (Å²) in [7, 11) is 0. The Balaban J connectivity index is 1.64. The van der Waals surface area contributed by atoms with Gasteiger partial charge in [0.2, 0.25) is 0 Å². The second kappa shape index (κ2) is 4.89. The molecule has 0 spiro atoms. The van der Waals surface area contributed by atoms with Gasteiger partial charge in [-0.2, -0.15) is 0 Å². The van der Waals surface area contributed by atoms with Crippen LogP contribution in [0.1, 0.15) is 31.1 Å². The zero-order chi connectivity index (χ0) is 13.5. The Morgan fingerprint density at radius 2 is 2.11 bits per heavy atom. The fourth-order valence-electron chi connectivity index (χ4n) is 3.08. The Hall–Kier alpha value is -0.900. The molecule has 104 valence electrons. The Labute approximate surface area is 115 Å². The summed E-state index contributed by atoms with van der Waals surface area (Å²) in [4.78, 5) is 2.30. The van der Waals surface area contributed by atoms with E-state index in [4.69, 9.17) is 4.74 Å². The fourth-order valence-corrected chi connectivity index (χ4v) is 3.08. The zero-order valence-electron chi connectivity index (χ0n) is 11.8. The number of likely N-dealkylation sites (tertiary alicyclic amines) is 1. The highest BCUT2D eigenvalue weighted by Gasteiger charge is 2.44. The second-order valence-corrected chi connectivity index (χ2v) is 6.24. The van der Waals surface area contributed by atoms with Crippen LogP contribution in [-0.2, 0) is 11.2 Å². The van der Waals surface area contributed by atoms with E-state index in [-0.39, 0.29) is 6.10 Å². The standard InChI is InChI=1S/C16H23NO2/c1-12(2)16(18)10-17(11-16)9-15-14-6-4-3-5-13(14)7-8-19-15/h3-6,12,15,18H,7-11H2,1-2H3. The van der Waals surface area contributed by atoms with E-state index < -0.39 is 5.60 Å². The molecule has 0 radical (unpaired) electrons. The number of nitrogens with zero attached hydrogens (tertiary/aromatic N) is 1. The molecule has 1 atom stereocenters. The van der Waals surface area contributed by atoms with Gasteiger partial charge < -0.3 is 9.84 Å². The first-order valence-electron chi connectivity index (χ1n) is 7.22. The summed E-state index contributed by atoms with van der Waals surface area (Å²) in [5.41, 5.74) is 2.25. The van der Waals surface area contributed by atoms with E-state index >= 15 is 0 Å². The van der Waals surface area contributed by atoms with E-state index in [1.165, 1.54) is 11.1 Å². The number of benzene rings is 1. The van der Waals surface area contributed by atoms with Gasteiger partial charge in [0.1, 0.15) is 0 Å². The molecular weight excluding hydrogens is 238 g/mol. The normalized spacial score (nSPS) is 26.0. The van der Waals surface area contributed by atoms with Crippen LogP contribution in [0.5, 0.6) is 0 Å². The number of hydrogen-bond acceptors (Lipinski definition) is 3. The van der Waals surface area contributed by atoms with Crippen molar-refractivity contribution in [1.82, 2.24) is 4.90 Å². The molecule has 0 amide bonds. The number of rotatable bonds is 3. The lowest BCUT2D eigenvalue weighted by molar-refractivity contribution is -0.141. The Morgan fingerprint density at radius 3 is 2.84 bits per heavy atom. The largest absolute Gasteiger partial charge is 0.387 e. The van der Waals surface area contributed by atoms with Crippen molar-refractivity contribution in [1.29, 1.82) is 0 Å². The molecule has 1 N–H and O–H groups in total. The SMILES string of the molecule is CC(C)C1(O)CN(CC2OCCc3ccccc32)C1. The van der Waals surface area contributed by atoms with Gasteiger partial charge in [0.15, 0.2) is 0 Å². The summed E-state index contributed by atoms with van der Waals surface area (Å²) in [5.74, 6) is 0.323. The maximum absolute atomic E-state index is 10.3. The minimum absolute atomic E-state index is 0.168. The molecule has 19 heavy (non-hydrogen) atoms. The van der Waals surface area contributed by atoms with Crippen molar-refractivity contribution in [3.8, 4) is 0 Å². The van der Waals surface area contributed by atoms with Crippen molar-refractivity contribution in [2.75, 3.05) is 26.2 Å². The molecule has 0 aliphatic carbocycles. The summed E-state index contributed by atoms with van der Waals surface area (Å²) in [6.07, 6.45) is 1.18. The van der Waals surface area contributed by atoms with Crippen LogP contribution in [0.4, 0.5) is 0 Å². The molecule has 1 aromatic rings. The lowest BCUT2D eigenvalue weighted by Crippen LogP contribution is -2.65. The zero-order valence-corrected chi connectivity index (χ0v) is 11.8. The van der Waals surface area contributed by atoms with Crippen LogP contribution in [0.25, 0.3) is 0 Å². The van der Waals surface area contributed by atoms with E-state index in [1.54, 1.807) is 0 Å². The average Bonchev–Trinajstić information content (AvgIpc) is 2.37. The van der Waals surface area contributed by atoms with Crippen molar-refractivity contribution in [3.63, 3.8) is 0 Å². The van der Waals surface area contributed by atoms with E-state index in [0.29, 0.717) is 5.92 Å². The van der Waals surface area contributed by atoms with Crippen LogP contribution < -0.4 is 0 Å². The molecule has 1 fully saturated rings. The highest BCUT2D eigenvalue weighted by Crippen LogP contribution is 2.33. The molecule has 2 aliphatic rings. The molecule has 2 aliphatic heterocycles. The van der Waals surface area contributed by atoms with Crippen molar-refractivity contribution >= 4 is 0 Å². The van der Waals surface area contributed by atoms with Crippen molar-refractivity contribution in [2.45, 2.75) is 32.0 Å². The fraction of sp³-hybridized carbons (Fsp3) is 0.625. The number of hydrogen-bond donors (Lipinski definition) is 1.